The molecule has 162 valence electrons. The van der Waals surface area contributed by atoms with Gasteiger partial charge in [-0.1, -0.05) is 36.2 Å². The van der Waals surface area contributed by atoms with Crippen LogP contribution in [0.5, 0.6) is 0 Å². The van der Waals surface area contributed by atoms with E-state index in [1.165, 1.54) is 10.4 Å². The van der Waals surface area contributed by atoms with Gasteiger partial charge in [0.05, 0.1) is 4.90 Å². The lowest BCUT2D eigenvalue weighted by atomic mass is 10.1. The largest absolute Gasteiger partial charge is 0.351 e. The van der Waals surface area contributed by atoms with Crippen molar-refractivity contribution in [3.63, 3.8) is 0 Å². The summed E-state index contributed by atoms with van der Waals surface area (Å²) in [5, 5.41) is 3.62. The Morgan fingerprint density at radius 3 is 2.63 bits per heavy atom. The fourth-order valence-electron chi connectivity index (χ4n) is 3.41. The molecule has 2 aromatic rings. The molecule has 8 heteroatoms. The number of carbonyl (C=O) groups excluding carboxylic acids is 1. The van der Waals surface area contributed by atoms with Crippen molar-refractivity contribution in [2.75, 3.05) is 25.4 Å². The van der Waals surface area contributed by atoms with Crippen LogP contribution in [0.2, 0.25) is 5.02 Å². The van der Waals surface area contributed by atoms with Crippen molar-refractivity contribution in [1.82, 2.24) is 9.62 Å². The average molecular weight is 467 g/mol. The van der Waals surface area contributed by atoms with Gasteiger partial charge in [0, 0.05) is 41.7 Å². The predicted octanol–water partition coefficient (Wildman–Crippen LogP) is 4.49. The number of nitrogens with one attached hydrogen (secondary N) is 1. The second-order valence-corrected chi connectivity index (χ2v) is 10.9. The zero-order chi connectivity index (χ0) is 21.6. The van der Waals surface area contributed by atoms with E-state index in [1.807, 2.05) is 31.2 Å². The maximum atomic E-state index is 12.9. The van der Waals surface area contributed by atoms with Gasteiger partial charge in [-0.15, -0.1) is 0 Å². The maximum Gasteiger partial charge on any atom is 0.251 e. The number of amides is 1. The molecule has 1 heterocycles. The minimum atomic E-state index is -3.56. The molecule has 1 aliphatic heterocycles. The van der Waals surface area contributed by atoms with Gasteiger partial charge >= 0.3 is 0 Å². The van der Waals surface area contributed by atoms with Crippen molar-refractivity contribution < 1.29 is 13.2 Å². The summed E-state index contributed by atoms with van der Waals surface area (Å²) in [5.74, 6) is 1.33. The molecule has 5 nitrogen and oxygen atoms in total. The number of carbonyl (C=O) groups is 1. The summed E-state index contributed by atoms with van der Waals surface area (Å²) in [6.45, 7) is 3.41. The van der Waals surface area contributed by atoms with E-state index in [-0.39, 0.29) is 10.8 Å². The molecule has 1 amide bonds. The Morgan fingerprint density at radius 1 is 1.13 bits per heavy atom. The smallest absolute Gasteiger partial charge is 0.251 e. The molecule has 1 N–H and O–H groups in total. The number of rotatable bonds is 8. The summed E-state index contributed by atoms with van der Waals surface area (Å²) < 4.78 is 27.3. The zero-order valence-electron chi connectivity index (χ0n) is 17.1. The summed E-state index contributed by atoms with van der Waals surface area (Å²) in [4.78, 5) is 12.8. The number of hydrogen-bond donors (Lipinski definition) is 1. The van der Waals surface area contributed by atoms with Crippen LogP contribution in [-0.4, -0.2) is 44.0 Å². The van der Waals surface area contributed by atoms with Crippen LogP contribution in [-0.2, 0) is 15.8 Å². The first-order chi connectivity index (χ1) is 14.4. The molecule has 0 saturated carbocycles. The van der Waals surface area contributed by atoms with E-state index in [0.717, 1.165) is 46.9 Å². The number of thioether (sulfide) groups is 1. The molecule has 3 rings (SSSR count). The fraction of sp³-hybridized carbons (Fsp3) is 0.409. The number of nitrogens with zero attached hydrogens (tertiary/aromatic N) is 1. The highest BCUT2D eigenvalue weighted by Crippen LogP contribution is 2.23. The first-order valence-corrected chi connectivity index (χ1v) is 13.1. The minimum Gasteiger partial charge on any atom is -0.351 e. The van der Waals surface area contributed by atoms with Gasteiger partial charge in [0.1, 0.15) is 0 Å². The molecule has 0 aliphatic carbocycles. The highest BCUT2D eigenvalue weighted by atomic mass is 35.5. The van der Waals surface area contributed by atoms with Gasteiger partial charge in [0.25, 0.3) is 5.91 Å². The van der Waals surface area contributed by atoms with Crippen LogP contribution in [0, 0.1) is 6.92 Å². The monoisotopic (exact) mass is 466 g/mol. The van der Waals surface area contributed by atoms with Crippen molar-refractivity contribution in [3.05, 3.63) is 64.2 Å². The van der Waals surface area contributed by atoms with Crippen LogP contribution in [0.15, 0.2) is 47.4 Å². The average Bonchev–Trinajstić information content (AvgIpc) is 2.74. The lowest BCUT2D eigenvalue weighted by Gasteiger charge is -2.26. The van der Waals surface area contributed by atoms with Crippen LogP contribution in [0.25, 0.3) is 0 Å². The van der Waals surface area contributed by atoms with E-state index in [0.29, 0.717) is 25.2 Å². The molecule has 0 bridgehead atoms. The van der Waals surface area contributed by atoms with Crippen molar-refractivity contribution in [3.8, 4) is 0 Å². The molecule has 0 radical (unpaired) electrons. The standard InChI is InChI=1S/C22H27ClN2O3S2/c1-17-8-9-20(30(27,28)25-11-3-2-4-12-25)15-21(17)22(26)24-10-13-29-16-18-6-5-7-19(23)14-18/h5-9,14-15H,2-4,10-13,16H2,1H3,(H,24,26). The lowest BCUT2D eigenvalue weighted by Crippen LogP contribution is -2.35. The molecule has 1 saturated heterocycles. The third-order valence-electron chi connectivity index (χ3n) is 5.10. The minimum absolute atomic E-state index is 0.190. The van der Waals surface area contributed by atoms with Crippen LogP contribution in [0.1, 0.15) is 40.7 Å². The fourth-order valence-corrected chi connectivity index (χ4v) is 5.97. The van der Waals surface area contributed by atoms with E-state index < -0.39 is 10.0 Å². The number of halogens is 1. The number of piperidine rings is 1. The van der Waals surface area contributed by atoms with Gasteiger partial charge in [-0.25, -0.2) is 8.42 Å². The molecular weight excluding hydrogens is 440 g/mol. The molecule has 1 aliphatic rings. The topological polar surface area (TPSA) is 66.5 Å². The maximum absolute atomic E-state index is 12.9. The van der Waals surface area contributed by atoms with Crippen molar-refractivity contribution >= 4 is 39.3 Å². The van der Waals surface area contributed by atoms with Crippen molar-refractivity contribution in [2.24, 2.45) is 0 Å². The first kappa shape index (κ1) is 23.1. The van der Waals surface area contributed by atoms with Gasteiger partial charge < -0.3 is 5.32 Å². The molecule has 0 atom stereocenters. The van der Waals surface area contributed by atoms with Crippen molar-refractivity contribution in [2.45, 2.75) is 36.8 Å². The molecular formula is C22H27ClN2O3S2. The number of hydrogen-bond acceptors (Lipinski definition) is 4. The van der Waals surface area contributed by atoms with E-state index >= 15 is 0 Å². The quantitative estimate of drug-likeness (QED) is 0.582. The van der Waals surface area contributed by atoms with Gasteiger partial charge in [-0.3, -0.25) is 4.79 Å². The second kappa shape index (κ2) is 10.7. The van der Waals surface area contributed by atoms with Gasteiger partial charge in [-0.05, 0) is 55.2 Å². The first-order valence-electron chi connectivity index (χ1n) is 10.1. The van der Waals surface area contributed by atoms with Gasteiger partial charge in [0.2, 0.25) is 10.0 Å². The Balaban J connectivity index is 1.57. The van der Waals surface area contributed by atoms with Crippen LogP contribution in [0.4, 0.5) is 0 Å². The normalized spacial score (nSPS) is 15.1. The highest BCUT2D eigenvalue weighted by molar-refractivity contribution is 7.98. The molecule has 0 spiro atoms. The lowest BCUT2D eigenvalue weighted by molar-refractivity contribution is 0.0955. The van der Waals surface area contributed by atoms with E-state index in [1.54, 1.807) is 23.9 Å². The van der Waals surface area contributed by atoms with Crippen LogP contribution >= 0.6 is 23.4 Å². The zero-order valence-corrected chi connectivity index (χ0v) is 19.5. The Kier molecular flexibility index (Phi) is 8.22. The number of benzene rings is 2. The summed E-state index contributed by atoms with van der Waals surface area (Å²) >= 11 is 7.70. The summed E-state index contributed by atoms with van der Waals surface area (Å²) in [5.41, 5.74) is 2.31. The molecule has 1 fully saturated rings. The Bertz CT molecular complexity index is 990. The Labute approximate surface area is 188 Å². The Morgan fingerprint density at radius 2 is 1.90 bits per heavy atom. The van der Waals surface area contributed by atoms with E-state index in [4.69, 9.17) is 11.6 Å². The van der Waals surface area contributed by atoms with Gasteiger partial charge in [0.15, 0.2) is 0 Å². The predicted molar refractivity (Wildman–Crippen MR) is 124 cm³/mol. The van der Waals surface area contributed by atoms with Crippen LogP contribution in [0.3, 0.4) is 0 Å². The molecule has 0 aromatic heterocycles. The number of aryl methyl sites for hydroxylation is 1. The summed E-state index contributed by atoms with van der Waals surface area (Å²) in [6.07, 6.45) is 2.82. The summed E-state index contributed by atoms with van der Waals surface area (Å²) in [7, 11) is -3.56. The summed E-state index contributed by atoms with van der Waals surface area (Å²) in [6, 6.07) is 12.5. The van der Waals surface area contributed by atoms with Crippen molar-refractivity contribution in [1.29, 1.82) is 0 Å². The van der Waals surface area contributed by atoms with E-state index in [2.05, 4.69) is 5.32 Å². The SMILES string of the molecule is Cc1ccc(S(=O)(=O)N2CCCCC2)cc1C(=O)NCCSCc1cccc(Cl)c1. The second-order valence-electron chi connectivity index (χ2n) is 7.38. The van der Waals surface area contributed by atoms with Crippen LogP contribution < -0.4 is 5.32 Å². The Hall–Kier alpha value is -1.54. The number of sulfonamides is 1. The van der Waals surface area contributed by atoms with E-state index in [9.17, 15) is 13.2 Å². The van der Waals surface area contributed by atoms with Gasteiger partial charge in [-0.2, -0.15) is 16.1 Å². The third kappa shape index (κ3) is 6.00. The molecule has 30 heavy (non-hydrogen) atoms. The highest BCUT2D eigenvalue weighted by Gasteiger charge is 2.27. The molecule has 0 unspecified atom stereocenters. The molecule has 2 aromatic carbocycles. The third-order valence-corrected chi connectivity index (χ3v) is 8.26.